The summed E-state index contributed by atoms with van der Waals surface area (Å²) in [6, 6.07) is 11.4. The van der Waals surface area contributed by atoms with Gasteiger partial charge in [-0.25, -0.2) is 9.18 Å². The minimum atomic E-state index is -1.95. The highest BCUT2D eigenvalue weighted by Crippen LogP contribution is 2.53. The number of fused-ring (bicyclic) bond motifs is 1. The first kappa shape index (κ1) is 20.0. The van der Waals surface area contributed by atoms with Gasteiger partial charge in [0, 0.05) is 24.9 Å². The molecule has 8 heteroatoms. The number of halogens is 1. The van der Waals surface area contributed by atoms with Gasteiger partial charge >= 0.3 is 6.09 Å². The molecular formula is C21H18FN5O2. The number of hydrogen-bond acceptors (Lipinski definition) is 6. The first-order chi connectivity index (χ1) is 13.9. The van der Waals surface area contributed by atoms with Crippen molar-refractivity contribution in [2.75, 3.05) is 19.7 Å². The van der Waals surface area contributed by atoms with Crippen LogP contribution in [0.2, 0.25) is 0 Å². The maximum absolute atomic E-state index is 14.0. The SMILES string of the molecule is CCOC(=O)N1CC=C2C(C#N)C(=N)C(C#N)(C#N)[C@H](c3cccc(F)c3)[C@H]2C1. The van der Waals surface area contributed by atoms with Crippen molar-refractivity contribution in [1.29, 1.82) is 21.2 Å². The third kappa shape index (κ3) is 3.11. The van der Waals surface area contributed by atoms with E-state index in [2.05, 4.69) is 0 Å². The lowest BCUT2D eigenvalue weighted by molar-refractivity contribution is 0.0992. The molecule has 0 aromatic heterocycles. The fourth-order valence-corrected chi connectivity index (χ4v) is 4.25. The molecule has 29 heavy (non-hydrogen) atoms. The normalized spacial score (nSPS) is 24.9. The Morgan fingerprint density at radius 1 is 1.38 bits per heavy atom. The summed E-state index contributed by atoms with van der Waals surface area (Å²) in [6.45, 7) is 2.17. The van der Waals surface area contributed by atoms with Gasteiger partial charge in [-0.15, -0.1) is 0 Å². The van der Waals surface area contributed by atoms with E-state index in [1.165, 1.54) is 23.1 Å². The molecule has 1 aromatic rings. The summed E-state index contributed by atoms with van der Waals surface area (Å²) >= 11 is 0. The van der Waals surface area contributed by atoms with Crippen molar-refractivity contribution in [3.63, 3.8) is 0 Å². The Morgan fingerprint density at radius 3 is 2.69 bits per heavy atom. The average molecular weight is 391 g/mol. The molecule has 1 unspecified atom stereocenters. The summed E-state index contributed by atoms with van der Waals surface area (Å²) in [7, 11) is 0. The van der Waals surface area contributed by atoms with Gasteiger partial charge in [0.05, 0.1) is 30.5 Å². The van der Waals surface area contributed by atoms with Crippen molar-refractivity contribution in [2.45, 2.75) is 12.8 Å². The number of benzene rings is 1. The molecule has 0 spiro atoms. The van der Waals surface area contributed by atoms with Gasteiger partial charge in [0.1, 0.15) is 11.7 Å². The monoisotopic (exact) mass is 391 g/mol. The zero-order valence-electron chi connectivity index (χ0n) is 15.7. The first-order valence-corrected chi connectivity index (χ1v) is 9.11. The van der Waals surface area contributed by atoms with Gasteiger partial charge in [0.2, 0.25) is 0 Å². The molecule has 0 radical (unpaired) electrons. The van der Waals surface area contributed by atoms with Crippen LogP contribution in [0.4, 0.5) is 9.18 Å². The zero-order chi connectivity index (χ0) is 21.2. The highest BCUT2D eigenvalue weighted by Gasteiger charge is 2.58. The van der Waals surface area contributed by atoms with E-state index in [1.807, 2.05) is 18.2 Å². The smallest absolute Gasteiger partial charge is 0.410 e. The third-order valence-electron chi connectivity index (χ3n) is 5.52. The van der Waals surface area contributed by atoms with E-state index < -0.39 is 35.1 Å². The van der Waals surface area contributed by atoms with E-state index >= 15 is 0 Å². The molecule has 1 aliphatic heterocycles. The fourth-order valence-electron chi connectivity index (χ4n) is 4.25. The Morgan fingerprint density at radius 2 is 2.10 bits per heavy atom. The number of nitriles is 3. The summed E-state index contributed by atoms with van der Waals surface area (Å²) in [6.07, 6.45) is 1.13. The second-order valence-electron chi connectivity index (χ2n) is 6.95. The van der Waals surface area contributed by atoms with Gasteiger partial charge in [0.25, 0.3) is 0 Å². The number of ether oxygens (including phenoxy) is 1. The van der Waals surface area contributed by atoms with Gasteiger partial charge in [-0.3, -0.25) is 0 Å². The van der Waals surface area contributed by atoms with Gasteiger partial charge < -0.3 is 15.0 Å². The van der Waals surface area contributed by atoms with Crippen LogP contribution in [-0.2, 0) is 4.74 Å². The van der Waals surface area contributed by atoms with Crippen molar-refractivity contribution in [1.82, 2.24) is 4.90 Å². The lowest BCUT2D eigenvalue weighted by atomic mass is 9.54. The number of nitrogens with one attached hydrogen (secondary N) is 1. The number of carbonyl (C=O) groups excluding carboxylic acids is 1. The minimum Gasteiger partial charge on any atom is -0.450 e. The molecule has 1 amide bonds. The Hall–Kier alpha value is -3.70. The standard InChI is InChI=1S/C21H18FN5O2/c1-2-29-20(28)27-7-6-15-16(9-23)19(26)21(11-24,12-25)18(17(15)10-27)13-4-3-5-14(22)8-13/h3-6,8,16-18,26H,2,7,10H2,1H3/t16?,17-,18+/m0/s1. The number of carbonyl (C=O) groups is 1. The molecule has 0 saturated heterocycles. The Labute approximate surface area is 167 Å². The summed E-state index contributed by atoms with van der Waals surface area (Å²) in [5.74, 6) is -3.10. The summed E-state index contributed by atoms with van der Waals surface area (Å²) < 4.78 is 19.0. The quantitative estimate of drug-likeness (QED) is 0.775. The third-order valence-corrected chi connectivity index (χ3v) is 5.52. The van der Waals surface area contributed by atoms with Crippen LogP contribution in [0.1, 0.15) is 18.4 Å². The van der Waals surface area contributed by atoms with Crippen LogP contribution < -0.4 is 0 Å². The van der Waals surface area contributed by atoms with Gasteiger partial charge in [-0.05, 0) is 30.2 Å². The zero-order valence-corrected chi connectivity index (χ0v) is 15.7. The minimum absolute atomic E-state index is 0.0996. The van der Waals surface area contributed by atoms with Crippen molar-refractivity contribution in [3.8, 4) is 18.2 Å². The predicted molar refractivity (Wildman–Crippen MR) is 99.8 cm³/mol. The van der Waals surface area contributed by atoms with Crippen molar-refractivity contribution < 1.29 is 13.9 Å². The summed E-state index contributed by atoms with van der Waals surface area (Å²) in [5, 5.41) is 38.0. The van der Waals surface area contributed by atoms with Crippen molar-refractivity contribution >= 4 is 11.8 Å². The van der Waals surface area contributed by atoms with Crippen LogP contribution in [0.5, 0.6) is 0 Å². The molecule has 1 N–H and O–H groups in total. The molecular weight excluding hydrogens is 373 g/mol. The van der Waals surface area contributed by atoms with E-state index in [-0.39, 0.29) is 25.4 Å². The van der Waals surface area contributed by atoms with Gasteiger partial charge in [-0.1, -0.05) is 18.2 Å². The van der Waals surface area contributed by atoms with Crippen molar-refractivity contribution in [3.05, 3.63) is 47.3 Å². The molecule has 146 valence electrons. The average Bonchev–Trinajstić information content (AvgIpc) is 2.73. The second-order valence-corrected chi connectivity index (χ2v) is 6.95. The van der Waals surface area contributed by atoms with Crippen LogP contribution in [0.15, 0.2) is 35.9 Å². The molecule has 1 heterocycles. The maximum Gasteiger partial charge on any atom is 0.410 e. The molecule has 3 rings (SSSR count). The van der Waals surface area contributed by atoms with E-state index in [0.29, 0.717) is 11.1 Å². The molecule has 1 fully saturated rings. The van der Waals surface area contributed by atoms with Crippen LogP contribution in [0.3, 0.4) is 0 Å². The first-order valence-electron chi connectivity index (χ1n) is 9.11. The topological polar surface area (TPSA) is 125 Å². The Balaban J connectivity index is 2.20. The Bertz CT molecular complexity index is 999. The predicted octanol–water partition coefficient (Wildman–Crippen LogP) is 3.13. The van der Waals surface area contributed by atoms with E-state index in [4.69, 9.17) is 10.1 Å². The van der Waals surface area contributed by atoms with E-state index in [9.17, 15) is 25.0 Å². The molecule has 3 atom stereocenters. The second kappa shape index (κ2) is 7.73. The fraction of sp³-hybridized carbons (Fsp3) is 0.381. The van der Waals surface area contributed by atoms with E-state index in [0.717, 1.165) is 0 Å². The molecule has 1 aromatic carbocycles. The molecule has 0 bridgehead atoms. The maximum atomic E-state index is 14.0. The number of amides is 1. The van der Waals surface area contributed by atoms with Gasteiger partial charge in [-0.2, -0.15) is 15.8 Å². The highest BCUT2D eigenvalue weighted by molar-refractivity contribution is 6.00. The largest absolute Gasteiger partial charge is 0.450 e. The highest BCUT2D eigenvalue weighted by atomic mass is 19.1. The number of rotatable bonds is 2. The van der Waals surface area contributed by atoms with Crippen LogP contribution in [-0.4, -0.2) is 36.4 Å². The lowest BCUT2D eigenvalue weighted by Crippen LogP contribution is -2.53. The molecule has 1 aliphatic carbocycles. The summed E-state index contributed by atoms with van der Waals surface area (Å²) in [5.41, 5.74) is -1.32. The number of hydrogen-bond donors (Lipinski definition) is 1. The number of nitrogens with zero attached hydrogens (tertiary/aromatic N) is 4. The molecule has 7 nitrogen and oxygen atoms in total. The van der Waals surface area contributed by atoms with Crippen LogP contribution >= 0.6 is 0 Å². The van der Waals surface area contributed by atoms with Crippen LogP contribution in [0, 0.1) is 62.5 Å². The Kier molecular flexibility index (Phi) is 5.35. The van der Waals surface area contributed by atoms with Gasteiger partial charge in [0.15, 0.2) is 5.41 Å². The van der Waals surface area contributed by atoms with E-state index in [1.54, 1.807) is 19.1 Å². The summed E-state index contributed by atoms with van der Waals surface area (Å²) in [4.78, 5) is 13.7. The lowest BCUT2D eigenvalue weighted by Gasteiger charge is -2.47. The van der Waals surface area contributed by atoms with Crippen LogP contribution in [0.25, 0.3) is 0 Å². The van der Waals surface area contributed by atoms with Crippen molar-refractivity contribution in [2.24, 2.45) is 17.3 Å². The molecule has 2 aliphatic rings. The molecule has 1 saturated carbocycles.